The summed E-state index contributed by atoms with van der Waals surface area (Å²) in [5.74, 6) is 1.03. The first-order chi connectivity index (χ1) is 19.9. The molecule has 1 heteroatoms. The van der Waals surface area contributed by atoms with Crippen LogP contribution in [0.1, 0.15) is 155 Å². The minimum atomic E-state index is -1.88. The second-order valence-corrected chi connectivity index (χ2v) is 21.1. The van der Waals surface area contributed by atoms with Crippen molar-refractivity contribution < 1.29 is 0 Å². The van der Waals surface area contributed by atoms with Crippen LogP contribution in [0.25, 0.3) is 17.2 Å². The molecule has 0 N–H and O–H groups in total. The molecule has 4 rings (SSSR count). The number of fused-ring (bicyclic) bond motifs is 1. The Morgan fingerprint density at radius 2 is 1.51 bits per heavy atom. The van der Waals surface area contributed by atoms with Gasteiger partial charge in [-0.2, -0.15) is 0 Å². The highest BCUT2D eigenvalue weighted by molar-refractivity contribution is 6.87. The molecule has 0 aliphatic heterocycles. The van der Waals surface area contributed by atoms with E-state index in [2.05, 4.69) is 139 Å². The van der Waals surface area contributed by atoms with E-state index in [1.807, 2.05) is 5.20 Å². The highest BCUT2D eigenvalue weighted by Gasteiger charge is 2.46. The average molecular weight is 595 g/mol. The van der Waals surface area contributed by atoms with E-state index in [-0.39, 0.29) is 10.8 Å². The van der Waals surface area contributed by atoms with Crippen molar-refractivity contribution in [2.24, 2.45) is 5.92 Å². The maximum atomic E-state index is 2.74. The number of hydrogen-bond donors (Lipinski definition) is 0. The lowest BCUT2D eigenvalue weighted by molar-refractivity contribution is 0.560. The Labute approximate surface area is 267 Å². The van der Waals surface area contributed by atoms with Crippen LogP contribution in [0.5, 0.6) is 0 Å². The van der Waals surface area contributed by atoms with E-state index in [0.29, 0.717) is 17.4 Å². The van der Waals surface area contributed by atoms with Gasteiger partial charge in [0.1, 0.15) is 0 Å². The maximum absolute atomic E-state index is 2.74. The SMILES string of the molecule is CCCCCC[Si](C)(C1=C(C)C(C)=C(C)C1C)C1C=Cc2c(-c3cc(C(C)(C)C)cc(C(C)(C)C)c3C(C)C)cccc21. The van der Waals surface area contributed by atoms with Crippen LogP contribution >= 0.6 is 0 Å². The lowest BCUT2D eigenvalue weighted by Crippen LogP contribution is -2.42. The van der Waals surface area contributed by atoms with Crippen molar-refractivity contribution in [3.63, 3.8) is 0 Å². The molecule has 0 heterocycles. The van der Waals surface area contributed by atoms with Gasteiger partial charge in [-0.3, -0.25) is 0 Å². The Bertz CT molecular complexity index is 1440. The Morgan fingerprint density at radius 3 is 2.05 bits per heavy atom. The topological polar surface area (TPSA) is 0 Å². The molecular formula is C42H62Si. The van der Waals surface area contributed by atoms with Gasteiger partial charge in [-0.05, 0) is 88.0 Å². The molecule has 0 fully saturated rings. The standard InChI is InChI=1S/C42H62Si/c1-15-16-17-18-24-43(14,40-30(6)28(4)29(5)31(40)7)38-23-22-34-33(20-19-21-35(34)38)36-25-32(41(8,9)10)26-37(42(11,12)13)39(36)27(2)3/h19-23,25-27,30,38H,15-18,24H2,1-14H3. The van der Waals surface area contributed by atoms with Gasteiger partial charge in [-0.15, -0.1) is 0 Å². The van der Waals surface area contributed by atoms with Gasteiger partial charge < -0.3 is 0 Å². The number of allylic oxidation sites excluding steroid dienone is 5. The second-order valence-electron chi connectivity index (χ2n) is 16.6. The maximum Gasteiger partial charge on any atom is 0.0910 e. The van der Waals surface area contributed by atoms with Crippen molar-refractivity contribution >= 4 is 14.1 Å². The van der Waals surface area contributed by atoms with Crippen LogP contribution < -0.4 is 0 Å². The van der Waals surface area contributed by atoms with Crippen LogP contribution in [-0.2, 0) is 10.8 Å². The third-order valence-electron chi connectivity index (χ3n) is 11.1. The summed E-state index contributed by atoms with van der Waals surface area (Å²) >= 11 is 0. The Balaban J connectivity index is 1.94. The summed E-state index contributed by atoms with van der Waals surface area (Å²) < 4.78 is 0. The van der Waals surface area contributed by atoms with Gasteiger partial charge in [0.2, 0.25) is 0 Å². The first kappa shape index (κ1) is 33.8. The van der Waals surface area contributed by atoms with Crippen LogP contribution in [-0.4, -0.2) is 8.07 Å². The molecule has 0 aromatic heterocycles. The van der Waals surface area contributed by atoms with Crippen molar-refractivity contribution in [2.75, 3.05) is 0 Å². The van der Waals surface area contributed by atoms with E-state index in [4.69, 9.17) is 0 Å². The van der Waals surface area contributed by atoms with Gasteiger partial charge in [0.25, 0.3) is 0 Å². The summed E-state index contributed by atoms with van der Waals surface area (Å²) in [5.41, 5.74) is 15.9. The molecule has 3 unspecified atom stereocenters. The van der Waals surface area contributed by atoms with Gasteiger partial charge >= 0.3 is 0 Å². The molecule has 0 saturated carbocycles. The third-order valence-corrected chi connectivity index (χ3v) is 16.5. The van der Waals surface area contributed by atoms with Crippen molar-refractivity contribution in [2.45, 2.75) is 151 Å². The van der Waals surface area contributed by atoms with Crippen LogP contribution in [0.4, 0.5) is 0 Å². The smallest absolute Gasteiger partial charge is 0.0787 e. The van der Waals surface area contributed by atoms with Crippen LogP contribution in [0, 0.1) is 5.92 Å². The second kappa shape index (κ2) is 12.3. The average Bonchev–Trinajstić information content (AvgIpc) is 3.45. The zero-order valence-electron chi connectivity index (χ0n) is 30.3. The molecule has 0 radical (unpaired) electrons. The molecule has 2 aromatic carbocycles. The number of rotatable bonds is 9. The molecule has 0 nitrogen and oxygen atoms in total. The summed E-state index contributed by atoms with van der Waals surface area (Å²) in [6.07, 6.45) is 10.5. The molecule has 43 heavy (non-hydrogen) atoms. The summed E-state index contributed by atoms with van der Waals surface area (Å²) in [6, 6.07) is 13.7. The summed E-state index contributed by atoms with van der Waals surface area (Å²) in [5, 5.41) is 1.83. The molecule has 2 aromatic rings. The predicted molar refractivity (Wildman–Crippen MR) is 196 cm³/mol. The Hall–Kier alpha value is -2.12. The van der Waals surface area contributed by atoms with Crippen molar-refractivity contribution in [3.05, 3.63) is 86.1 Å². The lowest BCUT2D eigenvalue weighted by atomic mass is 9.73. The normalized spacial score (nSPS) is 20.4. The molecule has 0 saturated heterocycles. The molecule has 2 aliphatic rings. The fourth-order valence-electron chi connectivity index (χ4n) is 8.34. The number of benzene rings is 2. The van der Waals surface area contributed by atoms with E-state index in [1.165, 1.54) is 65.1 Å². The lowest BCUT2D eigenvalue weighted by Gasteiger charge is -2.39. The molecular weight excluding hydrogens is 533 g/mol. The van der Waals surface area contributed by atoms with E-state index < -0.39 is 8.07 Å². The third kappa shape index (κ3) is 6.22. The van der Waals surface area contributed by atoms with Crippen LogP contribution in [0.15, 0.2) is 58.3 Å². The predicted octanol–water partition coefficient (Wildman–Crippen LogP) is 13.2. The quantitative estimate of drug-likeness (QED) is 0.200. The van der Waals surface area contributed by atoms with Crippen molar-refractivity contribution in [1.29, 1.82) is 0 Å². The zero-order valence-corrected chi connectivity index (χ0v) is 31.3. The fourth-order valence-corrected chi connectivity index (χ4v) is 14.0. The largest absolute Gasteiger partial charge is 0.0910 e. The monoisotopic (exact) mass is 594 g/mol. The minimum absolute atomic E-state index is 0.0846. The van der Waals surface area contributed by atoms with Crippen molar-refractivity contribution in [1.82, 2.24) is 0 Å². The van der Waals surface area contributed by atoms with Crippen molar-refractivity contribution in [3.8, 4) is 11.1 Å². The number of unbranched alkanes of at least 4 members (excludes halogenated alkanes) is 3. The van der Waals surface area contributed by atoms with Crippen LogP contribution in [0.2, 0.25) is 12.6 Å². The van der Waals surface area contributed by atoms with Gasteiger partial charge in [-0.25, -0.2) is 0 Å². The van der Waals surface area contributed by atoms with Gasteiger partial charge in [0.15, 0.2) is 0 Å². The first-order valence-corrected chi connectivity index (χ1v) is 20.1. The molecule has 0 amide bonds. The first-order valence-electron chi connectivity index (χ1n) is 17.3. The summed E-state index contributed by atoms with van der Waals surface area (Å²) in [7, 11) is -1.88. The molecule has 234 valence electrons. The van der Waals surface area contributed by atoms with Crippen LogP contribution in [0.3, 0.4) is 0 Å². The van der Waals surface area contributed by atoms with E-state index in [1.54, 1.807) is 22.3 Å². The summed E-state index contributed by atoms with van der Waals surface area (Å²) in [6.45, 7) is 33.8. The summed E-state index contributed by atoms with van der Waals surface area (Å²) in [4.78, 5) is 0. The van der Waals surface area contributed by atoms with Gasteiger partial charge in [0, 0.05) is 5.54 Å². The Kier molecular flexibility index (Phi) is 9.69. The fraction of sp³-hybridized carbons (Fsp3) is 0.571. The highest BCUT2D eigenvalue weighted by atomic mass is 28.3. The minimum Gasteiger partial charge on any atom is -0.0787 e. The van der Waals surface area contributed by atoms with E-state index in [9.17, 15) is 0 Å². The van der Waals surface area contributed by atoms with Gasteiger partial charge in [-0.1, -0.05) is 166 Å². The zero-order chi connectivity index (χ0) is 32.1. The number of hydrogen-bond acceptors (Lipinski definition) is 0. The molecule has 0 spiro atoms. The van der Waals surface area contributed by atoms with Gasteiger partial charge in [0.05, 0.1) is 8.07 Å². The van der Waals surface area contributed by atoms with E-state index >= 15 is 0 Å². The molecule has 2 aliphatic carbocycles. The molecule has 0 bridgehead atoms. The Morgan fingerprint density at radius 1 is 0.837 bits per heavy atom. The highest BCUT2D eigenvalue weighted by Crippen LogP contribution is 2.52. The van der Waals surface area contributed by atoms with E-state index in [0.717, 1.165) is 0 Å². The molecule has 3 atom stereocenters.